The van der Waals surface area contributed by atoms with Crippen LogP contribution in [0.5, 0.6) is 0 Å². The Morgan fingerprint density at radius 2 is 1.96 bits per heavy atom. The first kappa shape index (κ1) is 23.6. The molecule has 0 saturated heterocycles. The van der Waals surface area contributed by atoms with Gasteiger partial charge in [-0.1, -0.05) is 30.4 Å². The number of rotatable bonds is 9. The van der Waals surface area contributed by atoms with Gasteiger partial charge < -0.3 is 10.4 Å². The van der Waals surface area contributed by atoms with Crippen LogP contribution in [0.15, 0.2) is 53.9 Å². The number of halogens is 4. The number of hydrogen-bond acceptors (Lipinski definition) is 3. The van der Waals surface area contributed by atoms with Crippen molar-refractivity contribution < 1.29 is 31.7 Å². The Labute approximate surface area is 160 Å². The van der Waals surface area contributed by atoms with Gasteiger partial charge in [0, 0.05) is 12.1 Å². The highest BCUT2D eigenvalue weighted by Gasteiger charge is 2.41. The highest BCUT2D eigenvalue weighted by atomic mass is 32.2. The van der Waals surface area contributed by atoms with E-state index in [1.807, 2.05) is 5.32 Å². The summed E-state index contributed by atoms with van der Waals surface area (Å²) >= 11 is 0. The number of amides is 1. The molecular formula is C17H21F4N3O3S. The van der Waals surface area contributed by atoms with Crippen molar-refractivity contribution in [2.45, 2.75) is 24.7 Å². The van der Waals surface area contributed by atoms with Crippen molar-refractivity contribution in [1.82, 2.24) is 10.0 Å². The quantitative estimate of drug-likeness (QED) is 0.419. The van der Waals surface area contributed by atoms with Crippen LogP contribution in [0.3, 0.4) is 0 Å². The second kappa shape index (κ2) is 9.20. The fourth-order valence-electron chi connectivity index (χ4n) is 2.45. The van der Waals surface area contributed by atoms with E-state index in [1.165, 1.54) is 31.2 Å². The van der Waals surface area contributed by atoms with Gasteiger partial charge in [-0.25, -0.2) is 22.5 Å². The van der Waals surface area contributed by atoms with Crippen LogP contribution in [0.2, 0.25) is 0 Å². The van der Waals surface area contributed by atoms with Crippen molar-refractivity contribution in [3.05, 3.63) is 61.0 Å². The molecule has 6 nitrogen and oxygen atoms in total. The maximum Gasteiger partial charge on any atom is 0.415 e. The van der Waals surface area contributed by atoms with Crippen LogP contribution in [-0.4, -0.2) is 39.9 Å². The van der Waals surface area contributed by atoms with Gasteiger partial charge in [-0.3, -0.25) is 0 Å². The lowest BCUT2D eigenvalue weighted by Crippen LogP contribution is -2.50. The Balaban J connectivity index is 3.57. The summed E-state index contributed by atoms with van der Waals surface area (Å²) in [4.78, 5) is 11.2. The van der Waals surface area contributed by atoms with Gasteiger partial charge in [0.1, 0.15) is 15.7 Å². The lowest BCUT2D eigenvalue weighted by molar-refractivity contribution is -0.135. The molecule has 1 aromatic carbocycles. The molecule has 1 aromatic rings. The highest BCUT2D eigenvalue weighted by molar-refractivity contribution is 7.91. The van der Waals surface area contributed by atoms with E-state index in [0.29, 0.717) is 6.08 Å². The lowest BCUT2D eigenvalue weighted by atomic mass is 9.94. The normalized spacial score (nSPS) is 16.9. The molecule has 1 unspecified atom stereocenters. The molecule has 0 aliphatic carbocycles. The maximum atomic E-state index is 14.3. The predicted octanol–water partition coefficient (Wildman–Crippen LogP) is 3.58. The number of carbonyl (C=O) groups is 1. The molecule has 11 heteroatoms. The predicted molar refractivity (Wildman–Crippen MR) is 98.6 cm³/mol. The summed E-state index contributed by atoms with van der Waals surface area (Å²) in [5.41, 5.74) is -2.04. The molecule has 0 radical (unpaired) electrons. The van der Waals surface area contributed by atoms with Crippen molar-refractivity contribution in [2.24, 2.45) is 4.36 Å². The first-order chi connectivity index (χ1) is 12.9. The van der Waals surface area contributed by atoms with E-state index in [1.54, 1.807) is 0 Å². The zero-order chi connectivity index (χ0) is 21.6. The second-order valence-electron chi connectivity index (χ2n) is 5.99. The van der Waals surface area contributed by atoms with Gasteiger partial charge in [0.25, 0.3) is 0 Å². The third kappa shape index (κ3) is 6.34. The minimum atomic E-state index is -4.85. The summed E-state index contributed by atoms with van der Waals surface area (Å²) in [6, 6.07) is 2.60. The van der Waals surface area contributed by atoms with Crippen molar-refractivity contribution in [3.8, 4) is 0 Å². The van der Waals surface area contributed by atoms with E-state index in [-0.39, 0.29) is 12.1 Å². The minimum absolute atomic E-state index is 0.176. The monoisotopic (exact) mass is 423 g/mol. The van der Waals surface area contributed by atoms with E-state index >= 15 is 0 Å². The van der Waals surface area contributed by atoms with Gasteiger partial charge in [0.05, 0.1) is 11.3 Å². The molecule has 0 heterocycles. The SMILES string of the molecule is C=CCNS(=O)(C[C@](C)(NC(=O)O)c1ccccc1F)=N[C@@H](C=C)C(F)(F)F. The molecule has 0 aromatic heterocycles. The zero-order valence-electron chi connectivity index (χ0n) is 15.0. The van der Waals surface area contributed by atoms with E-state index in [2.05, 4.69) is 22.2 Å². The molecule has 3 atom stereocenters. The molecule has 0 aliphatic heterocycles. The number of alkyl halides is 3. The fourth-order valence-corrected chi connectivity index (χ4v) is 4.66. The Hall–Kier alpha value is -2.40. The van der Waals surface area contributed by atoms with Crippen molar-refractivity contribution >= 4 is 16.0 Å². The first-order valence-electron chi connectivity index (χ1n) is 7.92. The van der Waals surface area contributed by atoms with E-state index in [9.17, 15) is 26.6 Å². The van der Waals surface area contributed by atoms with Gasteiger partial charge in [-0.05, 0) is 13.0 Å². The number of hydrogen-bond donors (Lipinski definition) is 3. The molecular weight excluding hydrogens is 402 g/mol. The van der Waals surface area contributed by atoms with Crippen molar-refractivity contribution in [2.75, 3.05) is 12.3 Å². The average molecular weight is 423 g/mol. The van der Waals surface area contributed by atoms with Crippen LogP contribution in [-0.2, 0) is 15.5 Å². The molecule has 0 saturated carbocycles. The second-order valence-corrected chi connectivity index (χ2v) is 8.06. The Bertz CT molecular complexity index is 850. The number of carboxylic acid groups (broad SMARTS) is 1. The van der Waals surface area contributed by atoms with E-state index < -0.39 is 45.3 Å². The average Bonchev–Trinajstić information content (AvgIpc) is 2.56. The summed E-state index contributed by atoms with van der Waals surface area (Å²) in [7, 11) is -3.89. The summed E-state index contributed by atoms with van der Waals surface area (Å²) in [5, 5.41) is 11.2. The van der Waals surface area contributed by atoms with Crippen LogP contribution in [0.4, 0.5) is 22.4 Å². The fraction of sp³-hybridized carbons (Fsp3) is 0.353. The van der Waals surface area contributed by atoms with Crippen LogP contribution in [0.25, 0.3) is 0 Å². The number of nitrogens with one attached hydrogen (secondary N) is 2. The molecule has 1 amide bonds. The Kier molecular flexibility index (Phi) is 7.76. The first-order valence-corrected chi connectivity index (χ1v) is 9.60. The molecule has 0 fully saturated rings. The largest absolute Gasteiger partial charge is 0.465 e. The van der Waals surface area contributed by atoms with Gasteiger partial charge in [-0.2, -0.15) is 13.2 Å². The van der Waals surface area contributed by atoms with Crippen molar-refractivity contribution in [1.29, 1.82) is 0 Å². The lowest BCUT2D eigenvalue weighted by Gasteiger charge is -2.32. The van der Waals surface area contributed by atoms with Crippen LogP contribution >= 0.6 is 0 Å². The summed E-state index contributed by atoms with van der Waals surface area (Å²) in [5.74, 6) is -1.60. The molecule has 3 N–H and O–H groups in total. The third-order valence-electron chi connectivity index (χ3n) is 3.63. The number of nitrogens with zero attached hydrogens (tertiary/aromatic N) is 1. The van der Waals surface area contributed by atoms with Gasteiger partial charge in [0.2, 0.25) is 0 Å². The van der Waals surface area contributed by atoms with E-state index in [4.69, 9.17) is 5.11 Å². The zero-order valence-corrected chi connectivity index (χ0v) is 15.8. The highest BCUT2D eigenvalue weighted by Crippen LogP contribution is 2.29. The molecule has 0 spiro atoms. The third-order valence-corrected chi connectivity index (χ3v) is 5.79. The summed E-state index contributed by atoms with van der Waals surface area (Å²) in [6.45, 7) is 7.47. The maximum absolute atomic E-state index is 14.3. The van der Waals surface area contributed by atoms with Crippen LogP contribution < -0.4 is 10.0 Å². The van der Waals surface area contributed by atoms with E-state index in [0.717, 1.165) is 6.07 Å². The standard InChI is InChI=1S/C17H21F4N3O3S/c1-4-10-22-28(27,24-14(5-2)17(19,20)21)11-16(3,23-15(25)26)12-8-6-7-9-13(12)18/h4-9,14,23H,1-2,10-11H2,3H3,(H,25,26)(H,22,24,27)/t14-,16-,28?/m0/s1. The topological polar surface area (TPSA) is 90.8 Å². The Morgan fingerprint density at radius 1 is 1.36 bits per heavy atom. The molecule has 28 heavy (non-hydrogen) atoms. The Morgan fingerprint density at radius 3 is 2.43 bits per heavy atom. The summed E-state index contributed by atoms with van der Waals surface area (Å²) < 4.78 is 72.5. The smallest absolute Gasteiger partial charge is 0.415 e. The molecule has 1 rings (SSSR count). The minimum Gasteiger partial charge on any atom is -0.465 e. The summed E-state index contributed by atoms with van der Waals surface area (Å²) in [6.07, 6.45) is -4.71. The van der Waals surface area contributed by atoms with Gasteiger partial charge >= 0.3 is 12.3 Å². The molecule has 156 valence electrons. The molecule has 0 bridgehead atoms. The van der Waals surface area contributed by atoms with Gasteiger partial charge in [0.15, 0.2) is 6.04 Å². The van der Waals surface area contributed by atoms with Crippen LogP contribution in [0, 0.1) is 5.82 Å². The molecule has 0 aliphatic rings. The van der Waals surface area contributed by atoms with Gasteiger partial charge in [-0.15, -0.1) is 13.2 Å². The van der Waals surface area contributed by atoms with Crippen LogP contribution in [0.1, 0.15) is 12.5 Å². The van der Waals surface area contributed by atoms with Crippen molar-refractivity contribution in [3.63, 3.8) is 0 Å². The number of benzene rings is 1.